The van der Waals surface area contributed by atoms with E-state index in [2.05, 4.69) is 5.16 Å². The lowest BCUT2D eigenvalue weighted by molar-refractivity contribution is 0.321. The van der Waals surface area contributed by atoms with Gasteiger partial charge in [-0.2, -0.15) is 11.3 Å². The Balaban J connectivity index is 2.48. The Bertz CT molecular complexity index is 181. The highest BCUT2D eigenvalue weighted by Crippen LogP contribution is 2.04. The number of thiophene rings is 1. The minimum atomic E-state index is 0.722. The van der Waals surface area contributed by atoms with Crippen LogP contribution in [0, 0.1) is 0 Å². The average molecular weight is 141 g/mol. The maximum atomic E-state index is 8.04. The Hall–Kier alpha value is -0.830. The van der Waals surface area contributed by atoms with Gasteiger partial charge >= 0.3 is 0 Å². The molecule has 3 heteroatoms. The second kappa shape index (κ2) is 3.25. The molecule has 1 aromatic heterocycles. The molecule has 2 nitrogen and oxygen atoms in total. The number of hydrogen-bond acceptors (Lipinski definition) is 3. The van der Waals surface area contributed by atoms with Crippen LogP contribution in [0.3, 0.4) is 0 Å². The molecule has 9 heavy (non-hydrogen) atoms. The first-order chi connectivity index (χ1) is 4.43. The van der Waals surface area contributed by atoms with Crippen molar-refractivity contribution in [3.05, 3.63) is 22.4 Å². The SMILES string of the molecule is ON=CCc1ccsc1. The zero-order chi connectivity index (χ0) is 6.53. The van der Waals surface area contributed by atoms with Crippen molar-refractivity contribution >= 4 is 17.6 Å². The van der Waals surface area contributed by atoms with E-state index < -0.39 is 0 Å². The molecule has 1 heterocycles. The molecular formula is C6H7NOS. The first kappa shape index (κ1) is 6.29. The minimum Gasteiger partial charge on any atom is -0.411 e. The van der Waals surface area contributed by atoms with Gasteiger partial charge in [-0.15, -0.1) is 5.16 Å². The molecule has 0 saturated heterocycles. The Kier molecular flexibility index (Phi) is 2.27. The van der Waals surface area contributed by atoms with Crippen molar-refractivity contribution in [3.63, 3.8) is 0 Å². The van der Waals surface area contributed by atoms with E-state index in [4.69, 9.17) is 5.21 Å². The second-order valence-electron chi connectivity index (χ2n) is 1.63. The Morgan fingerprint density at radius 1 is 1.78 bits per heavy atom. The van der Waals surface area contributed by atoms with Crippen LogP contribution in [-0.2, 0) is 6.42 Å². The van der Waals surface area contributed by atoms with E-state index in [-0.39, 0.29) is 0 Å². The number of nitrogens with zero attached hydrogens (tertiary/aromatic N) is 1. The quantitative estimate of drug-likeness (QED) is 0.380. The van der Waals surface area contributed by atoms with Gasteiger partial charge < -0.3 is 5.21 Å². The molecule has 0 atom stereocenters. The minimum absolute atomic E-state index is 0.722. The maximum absolute atomic E-state index is 8.04. The molecule has 0 amide bonds. The van der Waals surface area contributed by atoms with Crippen LogP contribution >= 0.6 is 11.3 Å². The lowest BCUT2D eigenvalue weighted by Gasteiger charge is -1.82. The zero-order valence-electron chi connectivity index (χ0n) is 4.82. The topological polar surface area (TPSA) is 32.6 Å². The summed E-state index contributed by atoms with van der Waals surface area (Å²) in [6.07, 6.45) is 2.20. The maximum Gasteiger partial charge on any atom is 0.0480 e. The molecule has 0 aromatic carbocycles. The van der Waals surface area contributed by atoms with Crippen LogP contribution in [0.15, 0.2) is 22.0 Å². The van der Waals surface area contributed by atoms with Crippen LogP contribution in [0.5, 0.6) is 0 Å². The lowest BCUT2D eigenvalue weighted by atomic mass is 10.3. The molecule has 0 aliphatic rings. The third-order valence-electron chi connectivity index (χ3n) is 0.989. The number of hydrogen-bond donors (Lipinski definition) is 1. The summed E-state index contributed by atoms with van der Waals surface area (Å²) in [5, 5.41) is 15.0. The van der Waals surface area contributed by atoms with Crippen LogP contribution in [0.4, 0.5) is 0 Å². The summed E-state index contributed by atoms with van der Waals surface area (Å²) >= 11 is 1.65. The van der Waals surface area contributed by atoms with E-state index in [0.29, 0.717) is 0 Å². The standard InChI is InChI=1S/C6H7NOS/c8-7-3-1-6-2-4-9-5-6/h2-5,8H,1H2. The van der Waals surface area contributed by atoms with Crippen LogP contribution in [0.25, 0.3) is 0 Å². The molecule has 1 aromatic rings. The number of rotatable bonds is 2. The summed E-state index contributed by atoms with van der Waals surface area (Å²) in [4.78, 5) is 0. The fraction of sp³-hybridized carbons (Fsp3) is 0.167. The average Bonchev–Trinajstić information content (AvgIpc) is 2.34. The number of oxime groups is 1. The van der Waals surface area contributed by atoms with E-state index in [1.807, 2.05) is 16.8 Å². The molecule has 0 fully saturated rings. The fourth-order valence-electron chi connectivity index (χ4n) is 0.555. The van der Waals surface area contributed by atoms with Gasteiger partial charge in [0.25, 0.3) is 0 Å². The molecule has 0 aliphatic carbocycles. The van der Waals surface area contributed by atoms with Crippen molar-refractivity contribution in [1.29, 1.82) is 0 Å². The molecule has 0 spiro atoms. The van der Waals surface area contributed by atoms with Crippen molar-refractivity contribution in [2.45, 2.75) is 6.42 Å². The Morgan fingerprint density at radius 3 is 3.22 bits per heavy atom. The molecular weight excluding hydrogens is 134 g/mol. The largest absolute Gasteiger partial charge is 0.411 e. The van der Waals surface area contributed by atoms with Gasteiger partial charge in [-0.1, -0.05) is 0 Å². The predicted molar refractivity (Wildman–Crippen MR) is 38.3 cm³/mol. The van der Waals surface area contributed by atoms with Crippen molar-refractivity contribution in [2.24, 2.45) is 5.16 Å². The molecule has 0 saturated carbocycles. The second-order valence-corrected chi connectivity index (χ2v) is 2.41. The van der Waals surface area contributed by atoms with Gasteiger partial charge in [0.2, 0.25) is 0 Å². The van der Waals surface area contributed by atoms with E-state index in [1.165, 1.54) is 11.8 Å². The first-order valence-corrected chi connectivity index (χ1v) is 3.54. The van der Waals surface area contributed by atoms with Gasteiger partial charge in [0, 0.05) is 12.6 Å². The van der Waals surface area contributed by atoms with Gasteiger partial charge in [0.15, 0.2) is 0 Å². The van der Waals surface area contributed by atoms with Gasteiger partial charge in [-0.3, -0.25) is 0 Å². The summed E-state index contributed by atoms with van der Waals surface area (Å²) in [6, 6.07) is 2.01. The molecule has 1 rings (SSSR count). The normalized spacial score (nSPS) is 10.7. The van der Waals surface area contributed by atoms with E-state index in [1.54, 1.807) is 11.3 Å². The van der Waals surface area contributed by atoms with Crippen LogP contribution in [0.1, 0.15) is 5.56 Å². The molecule has 48 valence electrons. The lowest BCUT2D eigenvalue weighted by Crippen LogP contribution is -1.79. The Labute approximate surface area is 57.4 Å². The fourth-order valence-corrected chi connectivity index (χ4v) is 1.24. The Morgan fingerprint density at radius 2 is 2.67 bits per heavy atom. The van der Waals surface area contributed by atoms with Gasteiger partial charge in [-0.05, 0) is 22.4 Å². The summed E-state index contributed by atoms with van der Waals surface area (Å²) in [5.41, 5.74) is 1.19. The van der Waals surface area contributed by atoms with Crippen molar-refractivity contribution in [3.8, 4) is 0 Å². The van der Waals surface area contributed by atoms with Crippen molar-refractivity contribution in [2.75, 3.05) is 0 Å². The summed E-state index contributed by atoms with van der Waals surface area (Å²) in [7, 11) is 0. The van der Waals surface area contributed by atoms with E-state index in [9.17, 15) is 0 Å². The van der Waals surface area contributed by atoms with Gasteiger partial charge in [0.1, 0.15) is 0 Å². The summed E-state index contributed by atoms with van der Waals surface area (Å²) in [6.45, 7) is 0. The molecule has 0 unspecified atom stereocenters. The first-order valence-electron chi connectivity index (χ1n) is 2.60. The third-order valence-corrected chi connectivity index (χ3v) is 1.72. The van der Waals surface area contributed by atoms with Gasteiger partial charge in [-0.25, -0.2) is 0 Å². The molecule has 1 N–H and O–H groups in total. The van der Waals surface area contributed by atoms with Crippen molar-refractivity contribution in [1.82, 2.24) is 0 Å². The summed E-state index contributed by atoms with van der Waals surface area (Å²) in [5.74, 6) is 0. The predicted octanol–water partition coefficient (Wildman–Crippen LogP) is 1.75. The smallest absolute Gasteiger partial charge is 0.0480 e. The molecule has 0 radical (unpaired) electrons. The molecule has 0 aliphatic heterocycles. The van der Waals surface area contributed by atoms with Crippen molar-refractivity contribution < 1.29 is 5.21 Å². The highest BCUT2D eigenvalue weighted by Gasteiger charge is 1.86. The third kappa shape index (κ3) is 1.85. The summed E-state index contributed by atoms with van der Waals surface area (Å²) < 4.78 is 0. The monoisotopic (exact) mass is 141 g/mol. The van der Waals surface area contributed by atoms with Crippen LogP contribution in [0.2, 0.25) is 0 Å². The van der Waals surface area contributed by atoms with E-state index in [0.717, 1.165) is 6.42 Å². The van der Waals surface area contributed by atoms with Crippen LogP contribution in [-0.4, -0.2) is 11.4 Å². The van der Waals surface area contributed by atoms with Crippen LogP contribution < -0.4 is 0 Å². The highest BCUT2D eigenvalue weighted by molar-refractivity contribution is 7.07. The highest BCUT2D eigenvalue weighted by atomic mass is 32.1. The molecule has 0 bridgehead atoms. The zero-order valence-corrected chi connectivity index (χ0v) is 5.64. The van der Waals surface area contributed by atoms with E-state index >= 15 is 0 Å². The van der Waals surface area contributed by atoms with Gasteiger partial charge in [0.05, 0.1) is 0 Å².